The van der Waals surface area contributed by atoms with Crippen molar-refractivity contribution >= 4 is 56.5 Å². The summed E-state index contributed by atoms with van der Waals surface area (Å²) in [5.74, 6) is 0.263. The molecule has 2 aliphatic carbocycles. The van der Waals surface area contributed by atoms with E-state index in [0.29, 0.717) is 12.3 Å². The van der Waals surface area contributed by atoms with Gasteiger partial charge in [0.05, 0.1) is 22.5 Å². The highest BCUT2D eigenvalue weighted by Gasteiger charge is 2.69. The van der Waals surface area contributed by atoms with Gasteiger partial charge in [0.2, 0.25) is 11.8 Å². The molecule has 1 N–H and O–H groups in total. The number of ether oxygens (including phenoxy) is 1. The monoisotopic (exact) mass is 644 g/mol. The smallest absolute Gasteiger partial charge is 0.305 e. The molecule has 2 amide bonds. The lowest BCUT2D eigenvalue weighted by atomic mass is 9.68. The van der Waals surface area contributed by atoms with E-state index in [1.165, 1.54) is 16.2 Å². The van der Waals surface area contributed by atoms with E-state index in [1.807, 2.05) is 66.7 Å². The van der Waals surface area contributed by atoms with E-state index in [4.69, 9.17) is 4.74 Å². The number of thiazole rings is 1. The first-order chi connectivity index (χ1) is 20.0. The highest BCUT2D eigenvalue weighted by atomic mass is 79.9. The van der Waals surface area contributed by atoms with Crippen LogP contribution in [-0.2, 0) is 16.2 Å². The van der Waals surface area contributed by atoms with Gasteiger partial charge in [-0.25, -0.2) is 0 Å². The van der Waals surface area contributed by atoms with Crippen LogP contribution in [0, 0.1) is 29.6 Å². The van der Waals surface area contributed by atoms with E-state index in [0.717, 1.165) is 37.7 Å². The first kappa shape index (κ1) is 25.6. The Morgan fingerprint density at radius 1 is 0.902 bits per heavy atom. The fraction of sp³-hybridized carbons (Fsp3) is 0.281. The van der Waals surface area contributed by atoms with Gasteiger partial charge in [-0.2, -0.15) is 0 Å². The Hall–Kier alpha value is -3.14. The number of nitrogens with zero attached hydrogens (tertiary/aromatic N) is 1. The summed E-state index contributed by atoms with van der Waals surface area (Å²) in [6, 6.07) is 25.6. The van der Waals surface area contributed by atoms with E-state index in [-0.39, 0.29) is 57.4 Å². The third-order valence-corrected chi connectivity index (χ3v) is 12.4. The molecule has 2 saturated carbocycles. The van der Waals surface area contributed by atoms with Crippen molar-refractivity contribution < 1.29 is 14.3 Å². The first-order valence-corrected chi connectivity index (χ1v) is 16.3. The fourth-order valence-corrected chi connectivity index (χ4v) is 10.9. The molecule has 4 aromatic rings. The number of aromatic nitrogens is 1. The van der Waals surface area contributed by atoms with Crippen molar-refractivity contribution in [2.75, 3.05) is 4.90 Å². The maximum atomic E-state index is 13.9. The molecule has 0 unspecified atom stereocenters. The maximum absolute atomic E-state index is 13.9. The van der Waals surface area contributed by atoms with Crippen LogP contribution in [0.4, 0.5) is 5.69 Å². The Labute approximate surface area is 253 Å². The molecule has 9 heteroatoms. The minimum Gasteiger partial charge on any atom is -0.489 e. The molecule has 8 rings (SSSR count). The van der Waals surface area contributed by atoms with E-state index in [1.54, 1.807) is 11.8 Å². The van der Waals surface area contributed by atoms with Crippen LogP contribution in [0.5, 0.6) is 5.75 Å². The molecule has 3 fully saturated rings. The lowest BCUT2D eigenvalue weighted by Crippen LogP contribution is -2.42. The molecule has 6 nitrogen and oxygen atoms in total. The summed E-state index contributed by atoms with van der Waals surface area (Å²) in [4.78, 5) is 45.8. The second kappa shape index (κ2) is 9.71. The summed E-state index contributed by atoms with van der Waals surface area (Å²) in [6.07, 6.45) is 0.864. The minimum absolute atomic E-state index is 0.0407. The molecular weight excluding hydrogens is 620 g/mol. The molecule has 1 aromatic heterocycles. The molecule has 3 heterocycles. The van der Waals surface area contributed by atoms with E-state index in [2.05, 4.69) is 33.0 Å². The van der Waals surface area contributed by atoms with Gasteiger partial charge in [0.25, 0.3) is 0 Å². The van der Waals surface area contributed by atoms with Crippen molar-refractivity contribution in [3.8, 4) is 5.75 Å². The fourth-order valence-electron chi connectivity index (χ4n) is 7.77. The summed E-state index contributed by atoms with van der Waals surface area (Å²) in [7, 11) is 0. The van der Waals surface area contributed by atoms with Crippen molar-refractivity contribution in [3.63, 3.8) is 0 Å². The van der Waals surface area contributed by atoms with Gasteiger partial charge < -0.3 is 9.72 Å². The zero-order chi connectivity index (χ0) is 27.8. The third kappa shape index (κ3) is 4.00. The molecule has 206 valence electrons. The molecule has 41 heavy (non-hydrogen) atoms. The van der Waals surface area contributed by atoms with Crippen LogP contribution < -0.4 is 14.5 Å². The number of carbonyl (C=O) groups is 2. The molecule has 1 saturated heterocycles. The number of carbonyl (C=O) groups excluding carboxylic acids is 2. The zero-order valence-corrected chi connectivity index (χ0v) is 25.0. The summed E-state index contributed by atoms with van der Waals surface area (Å²) >= 11 is 6.43. The van der Waals surface area contributed by atoms with Crippen LogP contribution in [-0.4, -0.2) is 22.0 Å². The lowest BCUT2D eigenvalue weighted by Gasteiger charge is -2.43. The first-order valence-electron chi connectivity index (χ1n) is 13.8. The molecule has 2 aliphatic heterocycles. The zero-order valence-electron chi connectivity index (χ0n) is 21.7. The van der Waals surface area contributed by atoms with Crippen LogP contribution in [0.3, 0.4) is 0 Å². The number of amides is 2. The normalized spacial score (nSPS) is 29.4. The van der Waals surface area contributed by atoms with Crippen LogP contribution in [0.1, 0.15) is 28.3 Å². The van der Waals surface area contributed by atoms with Gasteiger partial charge in [-0.15, -0.1) is 11.8 Å². The number of benzene rings is 3. The maximum Gasteiger partial charge on any atom is 0.305 e. The quantitative estimate of drug-likeness (QED) is 0.252. The number of hydrogen-bond donors (Lipinski definition) is 1. The highest BCUT2D eigenvalue weighted by molar-refractivity contribution is 9.10. The third-order valence-electron chi connectivity index (χ3n) is 9.27. The number of imide groups is 1. The Morgan fingerprint density at radius 3 is 2.44 bits per heavy atom. The Bertz CT molecular complexity index is 1740. The molecule has 2 bridgehead atoms. The van der Waals surface area contributed by atoms with Gasteiger partial charge in [0, 0.05) is 20.5 Å². The summed E-state index contributed by atoms with van der Waals surface area (Å²) in [6.45, 7) is 0.469. The molecule has 3 aromatic carbocycles. The lowest BCUT2D eigenvalue weighted by molar-refractivity contribution is -0.123. The van der Waals surface area contributed by atoms with Gasteiger partial charge in [-0.05, 0) is 71.7 Å². The number of halogens is 1. The average molecular weight is 646 g/mol. The highest BCUT2D eigenvalue weighted by Crippen LogP contribution is 2.68. The molecule has 7 atom stereocenters. The Kier molecular flexibility index (Phi) is 6.05. The van der Waals surface area contributed by atoms with Crippen LogP contribution >= 0.6 is 39.0 Å². The number of rotatable bonds is 5. The summed E-state index contributed by atoms with van der Waals surface area (Å²) in [5, 5.41) is 1.06. The van der Waals surface area contributed by atoms with Gasteiger partial charge in [-0.3, -0.25) is 19.3 Å². The van der Waals surface area contributed by atoms with Crippen molar-refractivity contribution in [2.24, 2.45) is 29.6 Å². The summed E-state index contributed by atoms with van der Waals surface area (Å²) in [5.41, 5.74) is 2.82. The van der Waals surface area contributed by atoms with Gasteiger partial charge in [0.15, 0.2) is 0 Å². The van der Waals surface area contributed by atoms with Crippen molar-refractivity contribution in [1.29, 1.82) is 0 Å². The number of aromatic amines is 1. The standard InChI is InChI=1S/C32H25BrN2O4S2/c33-18-9-11-19(12-10-18)35-30(36)25-21-14-22(26(25)31(35)37)27-24(21)23(28-29(40-27)34-32(38)41-28)17-7-4-8-20(13-17)39-15-16-5-2-1-3-6-16/h1-13,21-27H,14-15H2,(H,34,38)/t21-,22-,23+,24+,25+,26+,27-/m1/s1. The number of nitrogens with one attached hydrogen (secondary N) is 1. The van der Waals surface area contributed by atoms with Crippen molar-refractivity contribution in [1.82, 2.24) is 4.98 Å². The molecule has 4 aliphatic rings. The number of anilines is 1. The van der Waals surface area contributed by atoms with Crippen LogP contribution in [0.25, 0.3) is 0 Å². The van der Waals surface area contributed by atoms with E-state index in [9.17, 15) is 14.4 Å². The largest absolute Gasteiger partial charge is 0.489 e. The average Bonchev–Trinajstić information content (AvgIpc) is 3.72. The second-order valence-electron chi connectivity index (χ2n) is 11.3. The van der Waals surface area contributed by atoms with Crippen molar-refractivity contribution in [2.45, 2.75) is 29.2 Å². The number of thioether (sulfide) groups is 1. The van der Waals surface area contributed by atoms with E-state index >= 15 is 0 Å². The molecule has 0 spiro atoms. The van der Waals surface area contributed by atoms with Crippen LogP contribution in [0.15, 0.2) is 93.2 Å². The second-order valence-corrected chi connectivity index (χ2v) is 14.4. The SMILES string of the molecule is O=C1[C@H]2[C@H]3C[C@@H]([C@@H]2C(=O)N1c1ccc(Br)cc1)[C@H]1[C@H](c2cccc(OCc4ccccc4)c2)c2sc(=O)[nH]c2S[C@H]31. The molecular formula is C32H25BrN2O4S2. The number of fused-ring (bicyclic) bond motifs is 9. The number of H-pyrrole nitrogens is 1. The van der Waals surface area contributed by atoms with Gasteiger partial charge in [-0.1, -0.05) is 69.7 Å². The van der Waals surface area contributed by atoms with Gasteiger partial charge >= 0.3 is 4.87 Å². The topological polar surface area (TPSA) is 79.5 Å². The minimum atomic E-state index is -0.324. The van der Waals surface area contributed by atoms with E-state index < -0.39 is 0 Å². The number of hydrogen-bond acceptors (Lipinski definition) is 6. The summed E-state index contributed by atoms with van der Waals surface area (Å²) < 4.78 is 7.09. The van der Waals surface area contributed by atoms with Crippen LogP contribution in [0.2, 0.25) is 0 Å². The molecule has 0 radical (unpaired) electrons. The van der Waals surface area contributed by atoms with Crippen molar-refractivity contribution in [3.05, 3.63) is 109 Å². The van der Waals surface area contributed by atoms with Gasteiger partial charge in [0.1, 0.15) is 12.4 Å². The Balaban J connectivity index is 1.16. The predicted molar refractivity (Wildman–Crippen MR) is 162 cm³/mol. The Morgan fingerprint density at radius 2 is 1.66 bits per heavy atom. The predicted octanol–water partition coefficient (Wildman–Crippen LogP) is 6.46.